The van der Waals surface area contributed by atoms with Crippen molar-refractivity contribution in [3.05, 3.63) is 0 Å². The molecule has 0 fully saturated rings. The maximum atomic E-state index is 10.1. The predicted molar refractivity (Wildman–Crippen MR) is 49.8 cm³/mol. The molecule has 2 nitrogen and oxygen atoms in total. The van der Waals surface area contributed by atoms with E-state index in [1.807, 2.05) is 6.92 Å². The van der Waals surface area contributed by atoms with Crippen LogP contribution in [0.1, 0.15) is 41.0 Å². The van der Waals surface area contributed by atoms with Gasteiger partial charge in [-0.2, -0.15) is 0 Å². The van der Waals surface area contributed by atoms with E-state index in [9.17, 15) is 4.79 Å². The number of carbonyl (C=O) groups is 1. The van der Waals surface area contributed by atoms with Crippen molar-refractivity contribution in [1.29, 1.82) is 0 Å². The zero-order chi connectivity index (χ0) is 9.78. The van der Waals surface area contributed by atoms with Crippen molar-refractivity contribution in [3.63, 3.8) is 0 Å². The standard InChI is InChI=1S/C10H20O2/c1-8(2)6-10(4,5)9(3)12-7-11/h7-9H,6H2,1-5H3. The first-order chi connectivity index (χ1) is 5.40. The van der Waals surface area contributed by atoms with Crippen LogP contribution < -0.4 is 0 Å². The molecule has 0 N–H and O–H groups in total. The SMILES string of the molecule is CC(C)CC(C)(C)C(C)OC=O. The fourth-order valence-corrected chi connectivity index (χ4v) is 1.49. The van der Waals surface area contributed by atoms with Gasteiger partial charge in [0.05, 0.1) is 0 Å². The van der Waals surface area contributed by atoms with Crippen LogP contribution >= 0.6 is 0 Å². The Morgan fingerprint density at radius 1 is 1.33 bits per heavy atom. The van der Waals surface area contributed by atoms with E-state index >= 15 is 0 Å². The predicted octanol–water partition coefficient (Wildman–Crippen LogP) is 2.62. The van der Waals surface area contributed by atoms with E-state index in [0.717, 1.165) is 6.42 Å². The zero-order valence-corrected chi connectivity index (χ0v) is 8.76. The lowest BCUT2D eigenvalue weighted by molar-refractivity contribution is -0.138. The molecule has 1 unspecified atom stereocenters. The second-order valence-corrected chi connectivity index (χ2v) is 4.46. The Morgan fingerprint density at radius 2 is 1.83 bits per heavy atom. The molecule has 0 rings (SSSR count). The Balaban J connectivity index is 4.07. The summed E-state index contributed by atoms with van der Waals surface area (Å²) in [5.41, 5.74) is 0.0784. The third-order valence-electron chi connectivity index (χ3n) is 2.29. The summed E-state index contributed by atoms with van der Waals surface area (Å²) < 4.78 is 4.93. The summed E-state index contributed by atoms with van der Waals surface area (Å²) in [5, 5.41) is 0. The van der Waals surface area contributed by atoms with E-state index in [0.29, 0.717) is 12.4 Å². The minimum atomic E-state index is -0.00241. The van der Waals surface area contributed by atoms with E-state index in [1.165, 1.54) is 0 Å². The lowest BCUT2D eigenvalue weighted by Gasteiger charge is -2.31. The van der Waals surface area contributed by atoms with Gasteiger partial charge in [0, 0.05) is 5.41 Å². The van der Waals surface area contributed by atoms with E-state index in [4.69, 9.17) is 4.74 Å². The molecule has 0 aliphatic heterocycles. The molecular weight excluding hydrogens is 152 g/mol. The first-order valence-corrected chi connectivity index (χ1v) is 4.49. The molecule has 2 heteroatoms. The van der Waals surface area contributed by atoms with Crippen LogP contribution in [0.2, 0.25) is 0 Å². The minimum Gasteiger partial charge on any atom is -0.464 e. The average molecular weight is 172 g/mol. The van der Waals surface area contributed by atoms with Crippen molar-refractivity contribution < 1.29 is 9.53 Å². The highest BCUT2D eigenvalue weighted by molar-refractivity contribution is 5.37. The van der Waals surface area contributed by atoms with Crippen molar-refractivity contribution in [2.75, 3.05) is 0 Å². The number of carbonyl (C=O) groups excluding carboxylic acids is 1. The van der Waals surface area contributed by atoms with Crippen LogP contribution in [0.15, 0.2) is 0 Å². The Bertz CT molecular complexity index is 139. The van der Waals surface area contributed by atoms with Crippen LogP contribution in [0.5, 0.6) is 0 Å². The molecule has 0 saturated carbocycles. The molecule has 0 aromatic rings. The second kappa shape index (κ2) is 4.48. The summed E-state index contributed by atoms with van der Waals surface area (Å²) in [5.74, 6) is 0.637. The van der Waals surface area contributed by atoms with Crippen molar-refractivity contribution in [3.8, 4) is 0 Å². The maximum Gasteiger partial charge on any atom is 0.293 e. The molecule has 72 valence electrons. The molecule has 0 aliphatic rings. The summed E-state index contributed by atoms with van der Waals surface area (Å²) in [6.07, 6.45) is 1.07. The van der Waals surface area contributed by atoms with Crippen LogP contribution in [0.25, 0.3) is 0 Å². The van der Waals surface area contributed by atoms with Crippen molar-refractivity contribution in [2.45, 2.75) is 47.1 Å². The molecule has 0 saturated heterocycles. The lowest BCUT2D eigenvalue weighted by Crippen LogP contribution is -2.30. The minimum absolute atomic E-state index is 0.00241. The Labute approximate surface area is 75.3 Å². The molecule has 0 radical (unpaired) electrons. The van der Waals surface area contributed by atoms with Gasteiger partial charge in [0.15, 0.2) is 0 Å². The molecule has 0 bridgehead atoms. The van der Waals surface area contributed by atoms with Gasteiger partial charge >= 0.3 is 0 Å². The largest absolute Gasteiger partial charge is 0.464 e. The summed E-state index contributed by atoms with van der Waals surface area (Å²) in [4.78, 5) is 10.1. The average Bonchev–Trinajstić information content (AvgIpc) is 1.85. The topological polar surface area (TPSA) is 26.3 Å². The van der Waals surface area contributed by atoms with E-state index in [-0.39, 0.29) is 11.5 Å². The third-order valence-corrected chi connectivity index (χ3v) is 2.29. The van der Waals surface area contributed by atoms with Gasteiger partial charge in [-0.15, -0.1) is 0 Å². The molecule has 0 amide bonds. The van der Waals surface area contributed by atoms with Gasteiger partial charge in [-0.05, 0) is 19.3 Å². The summed E-state index contributed by atoms with van der Waals surface area (Å²) in [6.45, 7) is 11.1. The first kappa shape index (κ1) is 11.5. The van der Waals surface area contributed by atoms with Gasteiger partial charge in [-0.1, -0.05) is 27.7 Å². The van der Waals surface area contributed by atoms with Crippen LogP contribution in [-0.2, 0) is 9.53 Å². The molecule has 1 atom stereocenters. The van der Waals surface area contributed by atoms with E-state index in [2.05, 4.69) is 27.7 Å². The Hall–Kier alpha value is -0.530. The maximum absolute atomic E-state index is 10.1. The summed E-state index contributed by atoms with van der Waals surface area (Å²) >= 11 is 0. The Kier molecular flexibility index (Phi) is 4.29. The number of hydrogen-bond acceptors (Lipinski definition) is 2. The number of hydrogen-bond donors (Lipinski definition) is 0. The second-order valence-electron chi connectivity index (χ2n) is 4.46. The van der Waals surface area contributed by atoms with Gasteiger partial charge in [-0.3, -0.25) is 4.79 Å². The quantitative estimate of drug-likeness (QED) is 0.596. The Morgan fingerprint density at radius 3 is 2.17 bits per heavy atom. The normalized spacial score (nSPS) is 14.5. The van der Waals surface area contributed by atoms with E-state index < -0.39 is 0 Å². The highest BCUT2D eigenvalue weighted by Gasteiger charge is 2.27. The molecule has 0 heterocycles. The van der Waals surface area contributed by atoms with Gasteiger partial charge in [0.2, 0.25) is 0 Å². The van der Waals surface area contributed by atoms with Crippen LogP contribution in [0.4, 0.5) is 0 Å². The van der Waals surface area contributed by atoms with Crippen molar-refractivity contribution >= 4 is 6.47 Å². The van der Waals surface area contributed by atoms with Gasteiger partial charge in [-0.25, -0.2) is 0 Å². The molecular formula is C10H20O2. The monoisotopic (exact) mass is 172 g/mol. The number of ether oxygens (including phenoxy) is 1. The highest BCUT2D eigenvalue weighted by Crippen LogP contribution is 2.30. The first-order valence-electron chi connectivity index (χ1n) is 4.49. The highest BCUT2D eigenvalue weighted by atomic mass is 16.5. The lowest BCUT2D eigenvalue weighted by atomic mass is 9.80. The summed E-state index contributed by atoms with van der Waals surface area (Å²) in [6, 6.07) is 0. The van der Waals surface area contributed by atoms with Gasteiger partial charge in [0.25, 0.3) is 6.47 Å². The van der Waals surface area contributed by atoms with Crippen LogP contribution in [-0.4, -0.2) is 12.6 Å². The fourth-order valence-electron chi connectivity index (χ4n) is 1.49. The molecule has 12 heavy (non-hydrogen) atoms. The van der Waals surface area contributed by atoms with Crippen LogP contribution in [0, 0.1) is 11.3 Å². The van der Waals surface area contributed by atoms with Gasteiger partial charge < -0.3 is 4.74 Å². The van der Waals surface area contributed by atoms with Crippen molar-refractivity contribution in [1.82, 2.24) is 0 Å². The molecule has 0 aromatic carbocycles. The molecule has 0 spiro atoms. The van der Waals surface area contributed by atoms with E-state index in [1.54, 1.807) is 0 Å². The summed E-state index contributed by atoms with van der Waals surface area (Å²) in [7, 11) is 0. The van der Waals surface area contributed by atoms with Gasteiger partial charge in [0.1, 0.15) is 6.10 Å². The fraction of sp³-hybridized carbons (Fsp3) is 0.900. The third kappa shape index (κ3) is 3.74. The smallest absolute Gasteiger partial charge is 0.293 e. The number of rotatable bonds is 5. The molecule has 0 aromatic heterocycles. The molecule has 0 aliphatic carbocycles. The van der Waals surface area contributed by atoms with Crippen molar-refractivity contribution in [2.24, 2.45) is 11.3 Å². The van der Waals surface area contributed by atoms with Crippen LogP contribution in [0.3, 0.4) is 0 Å². The zero-order valence-electron chi connectivity index (χ0n) is 8.76.